The molecule has 5 heteroatoms. The molecule has 0 saturated heterocycles. The minimum absolute atomic E-state index is 0.268. The number of rotatable bonds is 2. The molecule has 0 radical (unpaired) electrons. The van der Waals surface area contributed by atoms with Crippen LogP contribution in [0.25, 0.3) is 0 Å². The third-order valence-corrected chi connectivity index (χ3v) is 1.28. The van der Waals surface area contributed by atoms with Gasteiger partial charge in [-0.2, -0.15) is 0 Å². The molecule has 0 saturated carbocycles. The number of anilines is 1. The summed E-state index contributed by atoms with van der Waals surface area (Å²) in [4.78, 5) is 17.2. The Morgan fingerprint density at radius 1 is 1.82 bits per heavy atom. The van der Waals surface area contributed by atoms with Crippen LogP contribution in [0.15, 0.2) is 11.0 Å². The van der Waals surface area contributed by atoms with Crippen molar-refractivity contribution in [3.05, 3.63) is 22.1 Å². The molecule has 0 aliphatic rings. The first kappa shape index (κ1) is 7.74. The van der Waals surface area contributed by atoms with Gasteiger partial charge in [0.25, 0.3) is 5.56 Å². The van der Waals surface area contributed by atoms with Gasteiger partial charge in [0.15, 0.2) is 0 Å². The van der Waals surface area contributed by atoms with E-state index < -0.39 is 0 Å². The molecule has 0 fully saturated rings. The highest BCUT2D eigenvalue weighted by Crippen LogP contribution is 1.91. The molecule has 3 N–H and O–H groups in total. The summed E-state index contributed by atoms with van der Waals surface area (Å²) in [6, 6.07) is 0. The Labute approximate surface area is 63.1 Å². The zero-order chi connectivity index (χ0) is 8.27. The summed E-state index contributed by atoms with van der Waals surface area (Å²) in [6.07, 6.45) is 1.34. The fourth-order valence-electron chi connectivity index (χ4n) is 0.661. The van der Waals surface area contributed by atoms with E-state index in [2.05, 4.69) is 15.3 Å². The molecule has 0 spiro atoms. The smallest absolute Gasteiger partial charge is 0.257 e. The molecular formula is C6H9N3O2. The zero-order valence-corrected chi connectivity index (χ0v) is 6.09. The van der Waals surface area contributed by atoms with Crippen molar-refractivity contribution in [2.75, 3.05) is 12.4 Å². The van der Waals surface area contributed by atoms with Gasteiger partial charge in [0.1, 0.15) is 0 Å². The second-order valence-electron chi connectivity index (χ2n) is 1.99. The van der Waals surface area contributed by atoms with E-state index in [1.54, 1.807) is 7.05 Å². The van der Waals surface area contributed by atoms with E-state index >= 15 is 0 Å². The third kappa shape index (κ3) is 1.56. The van der Waals surface area contributed by atoms with Crippen LogP contribution in [0.3, 0.4) is 0 Å². The Balaban J connectivity index is 3.10. The number of H-pyrrole nitrogens is 1. The van der Waals surface area contributed by atoms with Gasteiger partial charge < -0.3 is 10.4 Å². The highest BCUT2D eigenvalue weighted by atomic mass is 16.3. The van der Waals surface area contributed by atoms with Gasteiger partial charge in [0.2, 0.25) is 5.95 Å². The quantitative estimate of drug-likeness (QED) is 0.528. The summed E-state index contributed by atoms with van der Waals surface area (Å²) in [7, 11) is 1.65. The topological polar surface area (TPSA) is 78.0 Å². The maximum Gasteiger partial charge on any atom is 0.257 e. The van der Waals surface area contributed by atoms with Crippen molar-refractivity contribution in [2.45, 2.75) is 6.61 Å². The summed E-state index contributed by atoms with van der Waals surface area (Å²) in [6.45, 7) is -0.285. The van der Waals surface area contributed by atoms with Gasteiger partial charge in [-0.1, -0.05) is 0 Å². The monoisotopic (exact) mass is 155 g/mol. The minimum Gasteiger partial charge on any atom is -0.391 e. The van der Waals surface area contributed by atoms with Crippen LogP contribution >= 0.6 is 0 Å². The second kappa shape index (κ2) is 3.16. The number of aliphatic hydroxyl groups excluding tert-OH is 1. The van der Waals surface area contributed by atoms with Crippen molar-refractivity contribution < 1.29 is 5.11 Å². The molecule has 0 amide bonds. The number of nitrogens with zero attached hydrogens (tertiary/aromatic N) is 1. The van der Waals surface area contributed by atoms with Crippen LogP contribution in [-0.4, -0.2) is 22.1 Å². The molecule has 1 rings (SSSR count). The Bertz CT molecular complexity index is 294. The van der Waals surface area contributed by atoms with E-state index in [4.69, 9.17) is 5.11 Å². The number of nitrogens with one attached hydrogen (secondary N) is 2. The molecule has 0 aliphatic heterocycles. The van der Waals surface area contributed by atoms with E-state index in [0.717, 1.165) is 0 Å². The maximum absolute atomic E-state index is 10.9. The zero-order valence-electron chi connectivity index (χ0n) is 6.09. The summed E-state index contributed by atoms with van der Waals surface area (Å²) in [5, 5.41) is 11.3. The minimum atomic E-state index is -0.313. The Morgan fingerprint density at radius 2 is 2.55 bits per heavy atom. The van der Waals surface area contributed by atoms with Gasteiger partial charge in [-0.05, 0) is 0 Å². The first-order chi connectivity index (χ1) is 5.27. The normalized spacial score (nSPS) is 9.64. The standard InChI is InChI=1S/C6H9N3O2/c1-7-6-8-2-4(3-10)5(11)9-6/h2,10H,3H2,1H3,(H2,7,8,9,11). The molecule has 0 atom stereocenters. The van der Waals surface area contributed by atoms with Gasteiger partial charge >= 0.3 is 0 Å². The van der Waals surface area contributed by atoms with Crippen LogP contribution < -0.4 is 10.9 Å². The lowest BCUT2D eigenvalue weighted by Crippen LogP contribution is -2.15. The number of aliphatic hydroxyl groups is 1. The van der Waals surface area contributed by atoms with E-state index in [1.807, 2.05) is 0 Å². The Hall–Kier alpha value is -1.36. The largest absolute Gasteiger partial charge is 0.391 e. The Kier molecular flexibility index (Phi) is 2.22. The molecule has 1 heterocycles. The summed E-state index contributed by atoms with van der Waals surface area (Å²) in [5.41, 5.74) is -0.0455. The number of aromatic amines is 1. The number of hydrogen-bond donors (Lipinski definition) is 3. The molecule has 11 heavy (non-hydrogen) atoms. The van der Waals surface area contributed by atoms with Gasteiger partial charge in [-0.15, -0.1) is 0 Å². The molecule has 0 unspecified atom stereocenters. The van der Waals surface area contributed by atoms with Crippen LogP contribution in [0.1, 0.15) is 5.56 Å². The lowest BCUT2D eigenvalue weighted by molar-refractivity contribution is 0.279. The maximum atomic E-state index is 10.9. The van der Waals surface area contributed by atoms with Crippen molar-refractivity contribution in [1.29, 1.82) is 0 Å². The van der Waals surface area contributed by atoms with E-state index in [-0.39, 0.29) is 17.7 Å². The van der Waals surface area contributed by atoms with E-state index in [9.17, 15) is 4.79 Å². The van der Waals surface area contributed by atoms with E-state index in [1.165, 1.54) is 6.20 Å². The average molecular weight is 155 g/mol. The molecule has 5 nitrogen and oxygen atoms in total. The predicted octanol–water partition coefficient (Wildman–Crippen LogP) is -0.696. The molecule has 1 aromatic rings. The van der Waals surface area contributed by atoms with Crippen LogP contribution in [0.5, 0.6) is 0 Å². The summed E-state index contributed by atoms with van der Waals surface area (Å²) < 4.78 is 0. The average Bonchev–Trinajstić information content (AvgIpc) is 2.04. The highest BCUT2D eigenvalue weighted by Gasteiger charge is 1.97. The summed E-state index contributed by atoms with van der Waals surface area (Å²) >= 11 is 0. The van der Waals surface area contributed by atoms with Crippen LogP contribution in [0, 0.1) is 0 Å². The van der Waals surface area contributed by atoms with E-state index in [0.29, 0.717) is 5.95 Å². The third-order valence-electron chi connectivity index (χ3n) is 1.28. The lowest BCUT2D eigenvalue weighted by Gasteiger charge is -1.98. The molecule has 0 aliphatic carbocycles. The van der Waals surface area contributed by atoms with Crippen LogP contribution in [0.2, 0.25) is 0 Å². The lowest BCUT2D eigenvalue weighted by atomic mass is 10.4. The first-order valence-electron chi connectivity index (χ1n) is 3.14. The van der Waals surface area contributed by atoms with Gasteiger partial charge in [-0.25, -0.2) is 4.98 Å². The van der Waals surface area contributed by atoms with Crippen LogP contribution in [0.4, 0.5) is 5.95 Å². The fraction of sp³-hybridized carbons (Fsp3) is 0.333. The molecular weight excluding hydrogens is 146 g/mol. The van der Waals surface area contributed by atoms with Crippen molar-refractivity contribution in [3.63, 3.8) is 0 Å². The SMILES string of the molecule is CNc1ncc(CO)c(=O)[nH]1. The van der Waals surface area contributed by atoms with Crippen molar-refractivity contribution in [2.24, 2.45) is 0 Å². The van der Waals surface area contributed by atoms with Gasteiger partial charge in [0.05, 0.1) is 12.2 Å². The highest BCUT2D eigenvalue weighted by molar-refractivity contribution is 5.22. The molecule has 0 bridgehead atoms. The molecule has 60 valence electrons. The van der Waals surface area contributed by atoms with Gasteiger partial charge in [0, 0.05) is 13.2 Å². The summed E-state index contributed by atoms with van der Waals surface area (Å²) in [5.74, 6) is 0.396. The van der Waals surface area contributed by atoms with Crippen molar-refractivity contribution in [3.8, 4) is 0 Å². The van der Waals surface area contributed by atoms with Crippen molar-refractivity contribution >= 4 is 5.95 Å². The molecule has 0 aromatic carbocycles. The van der Waals surface area contributed by atoms with Crippen LogP contribution in [-0.2, 0) is 6.61 Å². The number of aromatic nitrogens is 2. The fourth-order valence-corrected chi connectivity index (χ4v) is 0.661. The predicted molar refractivity (Wildman–Crippen MR) is 40.3 cm³/mol. The first-order valence-corrected chi connectivity index (χ1v) is 3.14. The van der Waals surface area contributed by atoms with Crippen molar-refractivity contribution in [1.82, 2.24) is 9.97 Å². The van der Waals surface area contributed by atoms with Gasteiger partial charge in [-0.3, -0.25) is 9.78 Å². The second-order valence-corrected chi connectivity index (χ2v) is 1.99. The number of hydrogen-bond acceptors (Lipinski definition) is 4. The Morgan fingerprint density at radius 3 is 3.00 bits per heavy atom. The molecule has 1 aromatic heterocycles.